The van der Waals surface area contributed by atoms with Crippen LogP contribution in [0, 0.1) is 0 Å². The van der Waals surface area contributed by atoms with Crippen molar-refractivity contribution in [3.8, 4) is 0 Å². The molecule has 2 unspecified atom stereocenters. The molecular formula is C11H20O2. The highest BCUT2D eigenvalue weighted by molar-refractivity contribution is 5.05. The van der Waals surface area contributed by atoms with Gasteiger partial charge in [-0.3, -0.25) is 0 Å². The van der Waals surface area contributed by atoms with Crippen LogP contribution in [0.15, 0.2) is 0 Å². The molecule has 2 rings (SSSR count). The summed E-state index contributed by atoms with van der Waals surface area (Å²) in [6.45, 7) is 4.45. The Balaban J connectivity index is 2.01. The van der Waals surface area contributed by atoms with E-state index in [0.29, 0.717) is 0 Å². The lowest BCUT2D eigenvalue weighted by Crippen LogP contribution is -2.66. The van der Waals surface area contributed by atoms with Gasteiger partial charge in [0.25, 0.3) is 0 Å². The zero-order chi connectivity index (χ0) is 9.36. The molecule has 1 aliphatic carbocycles. The smallest absolute Gasteiger partial charge is 0.135 e. The largest absolute Gasteiger partial charge is 0.226 e. The lowest BCUT2D eigenvalue weighted by atomic mass is 9.69. The summed E-state index contributed by atoms with van der Waals surface area (Å²) in [5, 5.41) is 0. The van der Waals surface area contributed by atoms with Crippen LogP contribution < -0.4 is 0 Å². The molecule has 13 heavy (non-hydrogen) atoms. The van der Waals surface area contributed by atoms with Crippen LogP contribution in [0.4, 0.5) is 0 Å². The predicted molar refractivity (Wildman–Crippen MR) is 51.3 cm³/mol. The zero-order valence-electron chi connectivity index (χ0n) is 8.77. The van der Waals surface area contributed by atoms with E-state index in [9.17, 15) is 0 Å². The Hall–Kier alpha value is -0.0800. The zero-order valence-corrected chi connectivity index (χ0v) is 8.77. The SMILES string of the molecule is CCCCC12CCCCC1(C)OO2. The van der Waals surface area contributed by atoms with Crippen molar-refractivity contribution in [3.05, 3.63) is 0 Å². The summed E-state index contributed by atoms with van der Waals surface area (Å²) in [6, 6.07) is 0. The Morgan fingerprint density at radius 3 is 2.46 bits per heavy atom. The van der Waals surface area contributed by atoms with Crippen molar-refractivity contribution in [1.29, 1.82) is 0 Å². The van der Waals surface area contributed by atoms with Gasteiger partial charge in [0.05, 0.1) is 0 Å². The van der Waals surface area contributed by atoms with Gasteiger partial charge in [-0.05, 0) is 26.2 Å². The second-order valence-corrected chi connectivity index (χ2v) is 4.70. The standard InChI is InChI=1S/C11H20O2/c1-3-4-8-11-9-6-5-7-10(11,2)12-13-11/h3-9H2,1-2H3. The monoisotopic (exact) mass is 184 g/mol. The third-order valence-electron chi connectivity index (χ3n) is 3.77. The average Bonchev–Trinajstić information content (AvgIpc) is 2.13. The Morgan fingerprint density at radius 2 is 1.92 bits per heavy atom. The summed E-state index contributed by atoms with van der Waals surface area (Å²) in [4.78, 5) is 10.7. The minimum atomic E-state index is 0.0421. The third kappa shape index (κ3) is 1.31. The van der Waals surface area contributed by atoms with Crippen molar-refractivity contribution in [2.45, 2.75) is 70.0 Å². The van der Waals surface area contributed by atoms with Crippen molar-refractivity contribution in [2.24, 2.45) is 0 Å². The molecule has 2 atom stereocenters. The van der Waals surface area contributed by atoms with Gasteiger partial charge in [0.15, 0.2) is 0 Å². The third-order valence-corrected chi connectivity index (χ3v) is 3.77. The molecule has 2 aliphatic rings. The molecule has 0 bridgehead atoms. The number of hydrogen-bond acceptors (Lipinski definition) is 2. The van der Waals surface area contributed by atoms with E-state index in [1.807, 2.05) is 0 Å². The van der Waals surface area contributed by atoms with Crippen molar-refractivity contribution in [3.63, 3.8) is 0 Å². The van der Waals surface area contributed by atoms with Crippen LogP contribution >= 0.6 is 0 Å². The Bertz CT molecular complexity index is 193. The minimum absolute atomic E-state index is 0.0421. The molecular weight excluding hydrogens is 164 g/mol. The molecule has 1 heterocycles. The van der Waals surface area contributed by atoms with Crippen LogP contribution in [-0.2, 0) is 9.78 Å². The summed E-state index contributed by atoms with van der Waals surface area (Å²) >= 11 is 0. The summed E-state index contributed by atoms with van der Waals surface area (Å²) in [7, 11) is 0. The molecule has 0 spiro atoms. The van der Waals surface area contributed by atoms with E-state index in [-0.39, 0.29) is 11.2 Å². The van der Waals surface area contributed by atoms with E-state index in [1.165, 1.54) is 44.9 Å². The van der Waals surface area contributed by atoms with Gasteiger partial charge in [-0.15, -0.1) is 0 Å². The first-order valence-electron chi connectivity index (χ1n) is 5.59. The van der Waals surface area contributed by atoms with Gasteiger partial charge in [-0.1, -0.05) is 32.6 Å². The van der Waals surface area contributed by atoms with E-state index < -0.39 is 0 Å². The lowest BCUT2D eigenvalue weighted by Gasteiger charge is -2.57. The van der Waals surface area contributed by atoms with E-state index >= 15 is 0 Å². The fourth-order valence-corrected chi connectivity index (χ4v) is 2.64. The molecule has 0 radical (unpaired) electrons. The summed E-state index contributed by atoms with van der Waals surface area (Å²) < 4.78 is 0. The molecule has 0 aromatic carbocycles. The molecule has 2 fully saturated rings. The number of unbranched alkanes of at least 4 members (excludes halogenated alkanes) is 1. The van der Waals surface area contributed by atoms with E-state index in [1.54, 1.807) is 0 Å². The van der Waals surface area contributed by atoms with Crippen molar-refractivity contribution in [1.82, 2.24) is 0 Å². The number of hydrogen-bond donors (Lipinski definition) is 0. The van der Waals surface area contributed by atoms with E-state index in [2.05, 4.69) is 13.8 Å². The maximum atomic E-state index is 5.43. The molecule has 1 saturated carbocycles. The molecule has 2 heteroatoms. The second-order valence-electron chi connectivity index (χ2n) is 4.70. The quantitative estimate of drug-likeness (QED) is 0.627. The highest BCUT2D eigenvalue weighted by Gasteiger charge is 2.61. The molecule has 0 amide bonds. The second kappa shape index (κ2) is 3.25. The topological polar surface area (TPSA) is 18.5 Å². The Labute approximate surface area is 80.5 Å². The van der Waals surface area contributed by atoms with Crippen LogP contribution in [0.3, 0.4) is 0 Å². The fraction of sp³-hybridized carbons (Fsp3) is 1.00. The summed E-state index contributed by atoms with van der Waals surface area (Å²) in [5.74, 6) is 0. The average molecular weight is 184 g/mol. The molecule has 1 saturated heterocycles. The fourth-order valence-electron chi connectivity index (χ4n) is 2.64. The van der Waals surface area contributed by atoms with Gasteiger partial charge in [0.2, 0.25) is 0 Å². The molecule has 0 aromatic rings. The first kappa shape index (κ1) is 9.47. The summed E-state index contributed by atoms with van der Waals surface area (Å²) in [6.07, 6.45) is 8.68. The maximum Gasteiger partial charge on any atom is 0.135 e. The molecule has 0 N–H and O–H groups in total. The van der Waals surface area contributed by atoms with Gasteiger partial charge in [0, 0.05) is 0 Å². The van der Waals surface area contributed by atoms with Crippen LogP contribution in [-0.4, -0.2) is 11.2 Å². The van der Waals surface area contributed by atoms with Crippen LogP contribution in [0.1, 0.15) is 58.8 Å². The van der Waals surface area contributed by atoms with Gasteiger partial charge < -0.3 is 0 Å². The van der Waals surface area contributed by atoms with Gasteiger partial charge >= 0.3 is 0 Å². The highest BCUT2D eigenvalue weighted by Crippen LogP contribution is 2.52. The van der Waals surface area contributed by atoms with Gasteiger partial charge in [-0.25, -0.2) is 9.78 Å². The first-order chi connectivity index (χ1) is 6.22. The van der Waals surface area contributed by atoms with Crippen molar-refractivity contribution in [2.75, 3.05) is 0 Å². The Morgan fingerprint density at radius 1 is 1.15 bits per heavy atom. The van der Waals surface area contributed by atoms with Gasteiger partial charge in [0.1, 0.15) is 11.2 Å². The maximum absolute atomic E-state index is 5.43. The van der Waals surface area contributed by atoms with E-state index in [0.717, 1.165) is 0 Å². The molecule has 1 aliphatic heterocycles. The Kier molecular flexibility index (Phi) is 2.37. The minimum Gasteiger partial charge on any atom is -0.226 e. The highest BCUT2D eigenvalue weighted by atomic mass is 17.3. The molecule has 2 nitrogen and oxygen atoms in total. The lowest BCUT2D eigenvalue weighted by molar-refractivity contribution is -0.558. The predicted octanol–water partition coefficient (Wildman–Crippen LogP) is 3.21. The van der Waals surface area contributed by atoms with Crippen molar-refractivity contribution >= 4 is 0 Å². The molecule has 0 aromatic heterocycles. The normalized spacial score (nSPS) is 43.8. The molecule has 76 valence electrons. The van der Waals surface area contributed by atoms with Gasteiger partial charge in [-0.2, -0.15) is 0 Å². The van der Waals surface area contributed by atoms with Crippen LogP contribution in [0.2, 0.25) is 0 Å². The van der Waals surface area contributed by atoms with Crippen LogP contribution in [0.25, 0.3) is 0 Å². The van der Waals surface area contributed by atoms with E-state index in [4.69, 9.17) is 9.78 Å². The van der Waals surface area contributed by atoms with Crippen LogP contribution in [0.5, 0.6) is 0 Å². The first-order valence-corrected chi connectivity index (χ1v) is 5.59. The number of rotatable bonds is 3. The van der Waals surface area contributed by atoms with Crippen molar-refractivity contribution < 1.29 is 9.78 Å². The summed E-state index contributed by atoms with van der Waals surface area (Å²) in [5.41, 5.74) is 0.127. The number of fused-ring (bicyclic) bond motifs is 1.